The number of halogens is 2. The van der Waals surface area contributed by atoms with Crippen molar-refractivity contribution in [3.05, 3.63) is 59.7 Å². The molecule has 1 aliphatic heterocycles. The van der Waals surface area contributed by atoms with Crippen molar-refractivity contribution >= 4 is 15.9 Å². The van der Waals surface area contributed by atoms with E-state index < -0.39 is 21.7 Å². The van der Waals surface area contributed by atoms with Crippen molar-refractivity contribution in [2.24, 2.45) is 11.8 Å². The number of rotatable bonds is 5. The van der Waals surface area contributed by atoms with Crippen molar-refractivity contribution in [2.45, 2.75) is 25.3 Å². The Balaban J connectivity index is 1.56. The molecule has 2 aromatic rings. The first-order valence-corrected chi connectivity index (χ1v) is 11.9. The first-order valence-electron chi connectivity index (χ1n) is 9.97. The van der Waals surface area contributed by atoms with E-state index in [-0.39, 0.29) is 35.3 Å². The van der Waals surface area contributed by atoms with Gasteiger partial charge in [-0.3, -0.25) is 4.79 Å². The zero-order valence-electron chi connectivity index (χ0n) is 16.8. The smallest absolute Gasteiger partial charge is 0.226 e. The second-order valence-electron chi connectivity index (χ2n) is 8.25. The third-order valence-corrected chi connectivity index (χ3v) is 6.86. The summed E-state index contributed by atoms with van der Waals surface area (Å²) in [6, 6.07) is 10.6. The molecular weight excluding hydrogens is 410 g/mol. The molecule has 1 amide bonds. The predicted octanol–water partition coefficient (Wildman–Crippen LogP) is 3.13. The number of nitrogens with one attached hydrogen (secondary N) is 1. The lowest BCUT2D eigenvalue weighted by molar-refractivity contribution is -0.131. The van der Waals surface area contributed by atoms with Gasteiger partial charge in [0.05, 0.1) is 11.8 Å². The van der Waals surface area contributed by atoms with Gasteiger partial charge < -0.3 is 4.90 Å². The molecular formula is C22H24F2N2O3S. The van der Waals surface area contributed by atoms with Gasteiger partial charge in [0.2, 0.25) is 15.9 Å². The number of amides is 1. The fourth-order valence-electron chi connectivity index (χ4n) is 4.66. The Hall–Kier alpha value is -2.32. The highest BCUT2D eigenvalue weighted by Gasteiger charge is 2.54. The van der Waals surface area contributed by atoms with Crippen LogP contribution in [0.3, 0.4) is 0 Å². The number of carbonyl (C=O) groups is 1. The molecule has 2 fully saturated rings. The molecule has 0 unspecified atom stereocenters. The maximum atomic E-state index is 14.4. The summed E-state index contributed by atoms with van der Waals surface area (Å²) in [6.45, 7) is 2.79. The van der Waals surface area contributed by atoms with Crippen LogP contribution in [0.1, 0.15) is 24.8 Å². The minimum Gasteiger partial charge on any atom is -0.341 e. The lowest BCUT2D eigenvalue weighted by Crippen LogP contribution is -2.38. The highest BCUT2D eigenvalue weighted by Crippen LogP contribution is 2.56. The molecule has 1 aliphatic carbocycles. The molecule has 0 radical (unpaired) electrons. The highest BCUT2D eigenvalue weighted by atomic mass is 32.2. The van der Waals surface area contributed by atoms with Gasteiger partial charge >= 0.3 is 0 Å². The van der Waals surface area contributed by atoms with E-state index in [9.17, 15) is 22.0 Å². The van der Waals surface area contributed by atoms with Crippen molar-refractivity contribution in [1.29, 1.82) is 0 Å². The van der Waals surface area contributed by atoms with E-state index in [1.165, 1.54) is 18.2 Å². The molecule has 1 heterocycles. The van der Waals surface area contributed by atoms with Crippen LogP contribution in [0.5, 0.6) is 0 Å². The van der Waals surface area contributed by atoms with E-state index in [0.717, 1.165) is 11.8 Å². The molecule has 0 bridgehead atoms. The molecule has 4 atom stereocenters. The van der Waals surface area contributed by atoms with E-state index in [2.05, 4.69) is 4.72 Å². The van der Waals surface area contributed by atoms with Gasteiger partial charge in [0.1, 0.15) is 11.6 Å². The standard InChI is InChI=1S/C22H24F2N2O3S/c1-13-19(20(13)22(27)26-11-10-14(12-26)25-30(2,28)29)15-6-3-4-7-16(15)21-17(23)8-5-9-18(21)24/h3-9,13-14,19-20,25H,10-12H2,1-2H3/t13-,14+,19-,20+/m1/s1. The van der Waals surface area contributed by atoms with Gasteiger partial charge in [0, 0.05) is 25.0 Å². The molecule has 1 saturated heterocycles. The van der Waals surface area contributed by atoms with Gasteiger partial charge in [-0.2, -0.15) is 0 Å². The van der Waals surface area contributed by atoms with Gasteiger partial charge in [-0.15, -0.1) is 0 Å². The van der Waals surface area contributed by atoms with Crippen LogP contribution in [0.15, 0.2) is 42.5 Å². The highest BCUT2D eigenvalue weighted by molar-refractivity contribution is 7.88. The molecule has 5 nitrogen and oxygen atoms in total. The Kier molecular flexibility index (Phi) is 5.40. The van der Waals surface area contributed by atoms with E-state index in [0.29, 0.717) is 25.1 Å². The Morgan fingerprint density at radius 2 is 1.77 bits per heavy atom. The molecule has 30 heavy (non-hydrogen) atoms. The first-order chi connectivity index (χ1) is 14.2. The number of sulfonamides is 1. The Bertz CT molecular complexity index is 1070. The van der Waals surface area contributed by atoms with Crippen molar-refractivity contribution in [3.63, 3.8) is 0 Å². The third kappa shape index (κ3) is 3.98. The predicted molar refractivity (Wildman–Crippen MR) is 110 cm³/mol. The summed E-state index contributed by atoms with van der Waals surface area (Å²) in [5, 5.41) is 0. The minimum absolute atomic E-state index is 0.0332. The molecule has 0 spiro atoms. The number of carbonyl (C=O) groups excluding carboxylic acids is 1. The van der Waals surface area contributed by atoms with Crippen molar-refractivity contribution in [1.82, 2.24) is 9.62 Å². The summed E-state index contributed by atoms with van der Waals surface area (Å²) < 4.78 is 54.3. The SMILES string of the molecule is C[C@H]1[C@H](C(=O)N2CC[C@H](NS(C)(=O)=O)C2)[C@H]1c1ccccc1-c1c(F)cccc1F. The molecule has 2 aromatic carbocycles. The number of likely N-dealkylation sites (tertiary alicyclic amines) is 1. The summed E-state index contributed by atoms with van der Waals surface area (Å²) in [4.78, 5) is 14.8. The van der Waals surface area contributed by atoms with Crippen molar-refractivity contribution in [2.75, 3.05) is 19.3 Å². The fourth-order valence-corrected chi connectivity index (χ4v) is 5.46. The molecule has 0 aromatic heterocycles. The second kappa shape index (κ2) is 7.74. The van der Waals surface area contributed by atoms with E-state index in [4.69, 9.17) is 0 Å². The second-order valence-corrected chi connectivity index (χ2v) is 10.0. The van der Waals surface area contributed by atoms with Crippen molar-refractivity contribution < 1.29 is 22.0 Å². The van der Waals surface area contributed by atoms with E-state index >= 15 is 0 Å². The van der Waals surface area contributed by atoms with Gasteiger partial charge in [-0.1, -0.05) is 37.3 Å². The monoisotopic (exact) mass is 434 g/mol. The molecule has 2 aliphatic rings. The summed E-state index contributed by atoms with van der Waals surface area (Å²) in [5.74, 6) is -1.67. The zero-order chi connectivity index (χ0) is 21.6. The average molecular weight is 435 g/mol. The van der Waals surface area contributed by atoms with Crippen molar-refractivity contribution in [3.8, 4) is 11.1 Å². The van der Waals surface area contributed by atoms with Crippen LogP contribution in [-0.4, -0.2) is 44.6 Å². The quantitative estimate of drug-likeness (QED) is 0.786. The van der Waals surface area contributed by atoms with Crippen LogP contribution in [0.2, 0.25) is 0 Å². The topological polar surface area (TPSA) is 66.5 Å². The lowest BCUT2D eigenvalue weighted by atomic mass is 9.94. The van der Waals surface area contributed by atoms with E-state index in [1.54, 1.807) is 17.0 Å². The number of hydrogen-bond donors (Lipinski definition) is 1. The summed E-state index contributed by atoms with van der Waals surface area (Å²) in [6.07, 6.45) is 1.68. The Morgan fingerprint density at radius 3 is 2.43 bits per heavy atom. The van der Waals surface area contributed by atoms with Crippen LogP contribution in [0.25, 0.3) is 11.1 Å². The molecule has 1 N–H and O–H groups in total. The normalized spacial score (nSPS) is 26.1. The number of hydrogen-bond acceptors (Lipinski definition) is 3. The number of benzene rings is 2. The van der Waals surface area contributed by atoms with Crippen LogP contribution in [-0.2, 0) is 14.8 Å². The lowest BCUT2D eigenvalue weighted by Gasteiger charge is -2.17. The Morgan fingerprint density at radius 1 is 1.10 bits per heavy atom. The maximum Gasteiger partial charge on any atom is 0.226 e. The largest absolute Gasteiger partial charge is 0.341 e. The number of nitrogens with zero attached hydrogens (tertiary/aromatic N) is 1. The molecule has 1 saturated carbocycles. The van der Waals surface area contributed by atoms with Gasteiger partial charge in [0.15, 0.2) is 0 Å². The molecule has 160 valence electrons. The van der Waals surface area contributed by atoms with Crippen LogP contribution in [0, 0.1) is 23.5 Å². The first kappa shape index (κ1) is 20.9. The molecule has 8 heteroatoms. The molecule has 4 rings (SSSR count). The summed E-state index contributed by atoms with van der Waals surface area (Å²) >= 11 is 0. The Labute approximate surface area is 175 Å². The average Bonchev–Trinajstić information content (AvgIpc) is 3.11. The minimum atomic E-state index is -3.33. The summed E-state index contributed by atoms with van der Waals surface area (Å²) in [7, 11) is -3.33. The zero-order valence-corrected chi connectivity index (χ0v) is 17.6. The summed E-state index contributed by atoms with van der Waals surface area (Å²) in [5.41, 5.74) is 1.16. The van der Waals surface area contributed by atoms with E-state index in [1.807, 2.05) is 19.1 Å². The van der Waals surface area contributed by atoms with Crippen LogP contribution in [0.4, 0.5) is 8.78 Å². The van der Waals surface area contributed by atoms with Gasteiger partial charge in [-0.05, 0) is 41.5 Å². The third-order valence-electron chi connectivity index (χ3n) is 6.10. The van der Waals surface area contributed by atoms with Crippen LogP contribution >= 0.6 is 0 Å². The maximum absolute atomic E-state index is 14.4. The fraction of sp³-hybridized carbons (Fsp3) is 0.409. The van der Waals surface area contributed by atoms with Crippen LogP contribution < -0.4 is 4.72 Å². The van der Waals surface area contributed by atoms with Gasteiger partial charge in [-0.25, -0.2) is 21.9 Å². The van der Waals surface area contributed by atoms with Gasteiger partial charge in [0.25, 0.3) is 0 Å².